The molecule has 2 atom stereocenters. The van der Waals surface area contributed by atoms with Crippen LogP contribution in [0.5, 0.6) is 0 Å². The fraction of sp³-hybridized carbons (Fsp3) is 0.647. The molecule has 9 heteroatoms. The smallest absolute Gasteiger partial charge is 0.408 e. The fourth-order valence-electron chi connectivity index (χ4n) is 1.72. The van der Waals surface area contributed by atoms with Crippen molar-refractivity contribution in [1.29, 1.82) is 0 Å². The number of amides is 1. The number of alkyl carbamates (subject to hydrolysis) is 1. The van der Waals surface area contributed by atoms with Gasteiger partial charge in [0, 0.05) is 12.6 Å². The maximum absolute atomic E-state index is 12.0. The number of ether oxygens (including phenoxy) is 3. The van der Waals surface area contributed by atoms with E-state index in [1.54, 1.807) is 20.8 Å². The highest BCUT2D eigenvalue weighted by molar-refractivity contribution is 5.95. The van der Waals surface area contributed by atoms with Crippen LogP contribution in [0.25, 0.3) is 0 Å². The lowest BCUT2D eigenvalue weighted by Gasteiger charge is -2.21. The molecular weight excluding hydrogens is 344 g/mol. The molecular formula is C17H28N2O7. The first-order valence-corrected chi connectivity index (χ1v) is 8.10. The zero-order chi connectivity index (χ0) is 20.3. The predicted octanol–water partition coefficient (Wildman–Crippen LogP) is 1.07. The monoisotopic (exact) mass is 372 g/mol. The van der Waals surface area contributed by atoms with Crippen molar-refractivity contribution in [2.24, 2.45) is 0 Å². The van der Waals surface area contributed by atoms with E-state index in [9.17, 15) is 19.2 Å². The second kappa shape index (κ2) is 11.1. The van der Waals surface area contributed by atoms with Gasteiger partial charge >= 0.3 is 18.0 Å². The van der Waals surface area contributed by atoms with Gasteiger partial charge in [0.05, 0.1) is 20.3 Å². The summed E-state index contributed by atoms with van der Waals surface area (Å²) in [5.41, 5.74) is -0.669. The second-order valence-corrected chi connectivity index (χ2v) is 6.46. The van der Waals surface area contributed by atoms with Crippen molar-refractivity contribution in [3.8, 4) is 0 Å². The molecule has 0 unspecified atom stereocenters. The number of carbonyl (C=O) groups is 4. The maximum atomic E-state index is 12.0. The second-order valence-electron chi connectivity index (χ2n) is 6.46. The minimum atomic E-state index is -0.811. The summed E-state index contributed by atoms with van der Waals surface area (Å²) in [7, 11) is 2.47. The number of ketones is 1. The summed E-state index contributed by atoms with van der Waals surface area (Å²) in [5.74, 6) is -1.44. The lowest BCUT2D eigenvalue weighted by Crippen LogP contribution is -2.41. The van der Waals surface area contributed by atoms with Crippen molar-refractivity contribution in [2.75, 3.05) is 14.2 Å². The van der Waals surface area contributed by atoms with Crippen LogP contribution in [-0.2, 0) is 28.6 Å². The van der Waals surface area contributed by atoms with Crippen molar-refractivity contribution in [2.45, 2.75) is 58.2 Å². The Hall–Kier alpha value is -2.58. The molecule has 0 saturated carbocycles. The summed E-state index contributed by atoms with van der Waals surface area (Å²) in [6.07, 6.45) is 1.90. The van der Waals surface area contributed by atoms with Gasteiger partial charge in [0.2, 0.25) is 0 Å². The van der Waals surface area contributed by atoms with Crippen LogP contribution in [0.1, 0.15) is 40.5 Å². The Morgan fingerprint density at radius 2 is 1.69 bits per heavy atom. The molecule has 0 fully saturated rings. The molecule has 0 aliphatic carbocycles. The highest BCUT2D eigenvalue weighted by atomic mass is 16.6. The van der Waals surface area contributed by atoms with Gasteiger partial charge in [-0.05, 0) is 40.2 Å². The summed E-state index contributed by atoms with van der Waals surface area (Å²) in [5, 5.41) is 5.11. The molecule has 0 rings (SSSR count). The zero-order valence-electron chi connectivity index (χ0n) is 16.1. The highest BCUT2D eigenvalue weighted by Crippen LogP contribution is 2.07. The van der Waals surface area contributed by atoms with E-state index in [2.05, 4.69) is 20.1 Å². The van der Waals surface area contributed by atoms with Gasteiger partial charge in [0.15, 0.2) is 5.78 Å². The van der Waals surface area contributed by atoms with Gasteiger partial charge in [0.25, 0.3) is 0 Å². The summed E-state index contributed by atoms with van der Waals surface area (Å²) in [6.45, 7) is 6.64. The first-order valence-electron chi connectivity index (χ1n) is 8.10. The fourth-order valence-corrected chi connectivity index (χ4v) is 1.72. The number of rotatable bonds is 9. The first-order chi connectivity index (χ1) is 12.0. The molecule has 0 aromatic rings. The maximum Gasteiger partial charge on any atom is 0.408 e. The highest BCUT2D eigenvalue weighted by Gasteiger charge is 2.21. The number of esters is 2. The summed E-state index contributed by atoms with van der Waals surface area (Å²) >= 11 is 0. The van der Waals surface area contributed by atoms with Gasteiger partial charge in [-0.1, -0.05) is 0 Å². The van der Waals surface area contributed by atoms with Gasteiger partial charge in [0.1, 0.15) is 11.6 Å². The molecule has 1 amide bonds. The molecule has 9 nitrogen and oxygen atoms in total. The molecule has 0 aliphatic rings. The van der Waals surface area contributed by atoms with Gasteiger partial charge in [-0.3, -0.25) is 9.59 Å². The SMILES string of the molecule is COC(=O)CC[C@H](N/C=C\C(=O)[C@H](C)NC(=O)OC(C)(C)C)C(=O)OC. The number of nitrogens with one attached hydrogen (secondary N) is 2. The molecule has 0 bridgehead atoms. The Morgan fingerprint density at radius 3 is 2.19 bits per heavy atom. The van der Waals surface area contributed by atoms with Crippen LogP contribution in [0.2, 0.25) is 0 Å². The van der Waals surface area contributed by atoms with E-state index < -0.39 is 41.5 Å². The molecule has 0 aliphatic heterocycles. The molecule has 0 radical (unpaired) electrons. The van der Waals surface area contributed by atoms with Crippen molar-refractivity contribution >= 4 is 23.8 Å². The van der Waals surface area contributed by atoms with E-state index in [1.807, 2.05) is 0 Å². The van der Waals surface area contributed by atoms with E-state index in [0.717, 1.165) is 0 Å². The van der Waals surface area contributed by atoms with Crippen molar-refractivity contribution < 1.29 is 33.4 Å². The summed E-state index contributed by atoms with van der Waals surface area (Å²) < 4.78 is 14.2. The topological polar surface area (TPSA) is 120 Å². The number of methoxy groups -OCH3 is 2. The molecule has 0 aromatic carbocycles. The average Bonchev–Trinajstić information content (AvgIpc) is 2.54. The third kappa shape index (κ3) is 10.3. The Morgan fingerprint density at radius 1 is 1.08 bits per heavy atom. The Kier molecular flexibility index (Phi) is 10.0. The third-order valence-electron chi connectivity index (χ3n) is 3.06. The van der Waals surface area contributed by atoms with E-state index in [-0.39, 0.29) is 12.8 Å². The third-order valence-corrected chi connectivity index (χ3v) is 3.06. The van der Waals surface area contributed by atoms with Crippen LogP contribution in [0.3, 0.4) is 0 Å². The van der Waals surface area contributed by atoms with Crippen molar-refractivity contribution in [3.05, 3.63) is 12.3 Å². The standard InChI is InChI=1S/C17H28N2O7/c1-11(19-16(23)26-17(2,3)4)13(20)9-10-18-12(15(22)25-6)7-8-14(21)24-5/h9-12,18H,7-8H2,1-6H3,(H,19,23)/b10-9-/t11-,12-/m0/s1. The molecule has 0 aromatic heterocycles. The minimum Gasteiger partial charge on any atom is -0.469 e. The lowest BCUT2D eigenvalue weighted by molar-refractivity contribution is -0.144. The van der Waals surface area contributed by atoms with E-state index in [4.69, 9.17) is 4.74 Å². The first kappa shape index (κ1) is 23.4. The largest absolute Gasteiger partial charge is 0.469 e. The number of carbonyl (C=O) groups excluding carboxylic acids is 4. The van der Waals surface area contributed by atoms with Crippen LogP contribution < -0.4 is 10.6 Å². The van der Waals surface area contributed by atoms with Gasteiger partial charge < -0.3 is 24.8 Å². The van der Waals surface area contributed by atoms with E-state index >= 15 is 0 Å². The summed E-state index contributed by atoms with van der Waals surface area (Å²) in [6, 6.07) is -1.62. The quantitative estimate of drug-likeness (QED) is 0.350. The predicted molar refractivity (Wildman–Crippen MR) is 93.2 cm³/mol. The normalized spacial score (nSPS) is 13.5. The molecule has 0 saturated heterocycles. The van der Waals surface area contributed by atoms with Gasteiger partial charge in [-0.15, -0.1) is 0 Å². The average molecular weight is 372 g/mol. The summed E-state index contributed by atoms with van der Waals surface area (Å²) in [4.78, 5) is 46.5. The Balaban J connectivity index is 4.59. The van der Waals surface area contributed by atoms with Crippen LogP contribution in [0.15, 0.2) is 12.3 Å². The zero-order valence-corrected chi connectivity index (χ0v) is 16.1. The molecule has 2 N–H and O–H groups in total. The van der Waals surface area contributed by atoms with Crippen LogP contribution >= 0.6 is 0 Å². The van der Waals surface area contributed by atoms with E-state index in [1.165, 1.54) is 33.4 Å². The minimum absolute atomic E-state index is 0.0155. The molecule has 0 heterocycles. The lowest BCUT2D eigenvalue weighted by atomic mass is 10.1. The molecule has 148 valence electrons. The van der Waals surface area contributed by atoms with Gasteiger partial charge in [-0.2, -0.15) is 0 Å². The molecule has 26 heavy (non-hydrogen) atoms. The Labute approximate surface area is 153 Å². The number of hydrogen-bond donors (Lipinski definition) is 2. The van der Waals surface area contributed by atoms with Crippen LogP contribution in [0.4, 0.5) is 4.79 Å². The molecule has 0 spiro atoms. The number of hydrogen-bond acceptors (Lipinski definition) is 8. The van der Waals surface area contributed by atoms with Crippen LogP contribution in [0, 0.1) is 0 Å². The van der Waals surface area contributed by atoms with Crippen molar-refractivity contribution in [3.63, 3.8) is 0 Å². The van der Waals surface area contributed by atoms with Crippen molar-refractivity contribution in [1.82, 2.24) is 10.6 Å². The van der Waals surface area contributed by atoms with Crippen LogP contribution in [-0.4, -0.2) is 55.7 Å². The Bertz CT molecular complexity index is 538. The van der Waals surface area contributed by atoms with Gasteiger partial charge in [-0.25, -0.2) is 9.59 Å². The van der Waals surface area contributed by atoms with E-state index in [0.29, 0.717) is 0 Å².